The van der Waals surface area contributed by atoms with Crippen molar-refractivity contribution >= 4 is 11.6 Å². The molecule has 1 amide bonds. The number of carbonyl (C=O) groups excluding carboxylic acids is 1. The number of hydrogen-bond acceptors (Lipinski definition) is 2. The molecule has 1 atom stereocenters. The zero-order valence-electron chi connectivity index (χ0n) is 17.0. The summed E-state index contributed by atoms with van der Waals surface area (Å²) < 4.78 is 5.89. The molecule has 3 nitrogen and oxygen atoms in total. The molecule has 0 bridgehead atoms. The molecule has 0 saturated heterocycles. The van der Waals surface area contributed by atoms with Crippen LogP contribution in [-0.4, -0.2) is 12.0 Å². The number of rotatable bonds is 6. The van der Waals surface area contributed by atoms with Gasteiger partial charge in [-0.1, -0.05) is 52.0 Å². The highest BCUT2D eigenvalue weighted by molar-refractivity contribution is 5.95. The lowest BCUT2D eigenvalue weighted by Gasteiger charge is -2.20. The van der Waals surface area contributed by atoms with Gasteiger partial charge in [0.15, 0.2) is 6.10 Å². The van der Waals surface area contributed by atoms with E-state index in [0.717, 1.165) is 22.6 Å². The summed E-state index contributed by atoms with van der Waals surface area (Å²) in [6.07, 6.45) is -0.570. The second-order valence-electron chi connectivity index (χ2n) is 7.62. The molecule has 1 unspecified atom stereocenters. The maximum Gasteiger partial charge on any atom is 0.265 e. The van der Waals surface area contributed by atoms with Crippen LogP contribution in [0.3, 0.4) is 0 Å². The van der Waals surface area contributed by atoms with Crippen molar-refractivity contribution in [3.05, 3.63) is 58.7 Å². The largest absolute Gasteiger partial charge is 0.481 e. The Bertz CT molecular complexity index is 778. The lowest BCUT2D eigenvalue weighted by atomic mass is 9.98. The van der Waals surface area contributed by atoms with Gasteiger partial charge in [-0.3, -0.25) is 4.79 Å². The van der Waals surface area contributed by atoms with Gasteiger partial charge in [0.05, 0.1) is 0 Å². The van der Waals surface area contributed by atoms with E-state index in [1.165, 1.54) is 11.1 Å². The highest BCUT2D eigenvalue weighted by Gasteiger charge is 2.18. The summed E-state index contributed by atoms with van der Waals surface area (Å²) in [6.45, 7) is 14.5. The first-order valence-corrected chi connectivity index (χ1v) is 9.38. The van der Waals surface area contributed by atoms with Gasteiger partial charge in [-0.25, -0.2) is 0 Å². The SMILES string of the molecule is Cc1cc(OC(C)C(=O)Nc2c(C)cccc2C(C)C)ccc1C(C)C. The fourth-order valence-corrected chi connectivity index (χ4v) is 3.19. The zero-order chi connectivity index (χ0) is 19.4. The summed E-state index contributed by atoms with van der Waals surface area (Å²) in [6, 6.07) is 12.1. The maximum atomic E-state index is 12.7. The summed E-state index contributed by atoms with van der Waals surface area (Å²) in [4.78, 5) is 12.7. The first-order valence-electron chi connectivity index (χ1n) is 9.38. The molecule has 0 aliphatic carbocycles. The number of ether oxygens (including phenoxy) is 1. The van der Waals surface area contributed by atoms with E-state index in [1.807, 2.05) is 31.2 Å². The van der Waals surface area contributed by atoms with Crippen LogP contribution in [0.2, 0.25) is 0 Å². The van der Waals surface area contributed by atoms with Gasteiger partial charge >= 0.3 is 0 Å². The minimum atomic E-state index is -0.570. The Labute approximate surface area is 157 Å². The van der Waals surface area contributed by atoms with Crippen molar-refractivity contribution in [1.82, 2.24) is 0 Å². The number of anilines is 1. The molecule has 0 aromatic heterocycles. The van der Waals surface area contributed by atoms with Gasteiger partial charge < -0.3 is 10.1 Å². The van der Waals surface area contributed by atoms with Crippen LogP contribution in [0.1, 0.15) is 68.7 Å². The quantitative estimate of drug-likeness (QED) is 0.696. The molecular formula is C23H31NO2. The van der Waals surface area contributed by atoms with Crippen molar-refractivity contribution in [2.45, 2.75) is 66.4 Å². The smallest absolute Gasteiger partial charge is 0.265 e. The molecule has 0 aliphatic rings. The number of para-hydroxylation sites is 1. The molecule has 0 heterocycles. The second-order valence-corrected chi connectivity index (χ2v) is 7.62. The minimum absolute atomic E-state index is 0.133. The van der Waals surface area contributed by atoms with E-state index in [1.54, 1.807) is 6.92 Å². The topological polar surface area (TPSA) is 38.3 Å². The second kappa shape index (κ2) is 8.39. The van der Waals surface area contributed by atoms with Gasteiger partial charge in [0.2, 0.25) is 0 Å². The highest BCUT2D eigenvalue weighted by Crippen LogP contribution is 2.28. The summed E-state index contributed by atoms with van der Waals surface area (Å²) in [5.74, 6) is 1.41. The van der Waals surface area contributed by atoms with Gasteiger partial charge in [-0.15, -0.1) is 0 Å². The van der Waals surface area contributed by atoms with Gasteiger partial charge in [-0.2, -0.15) is 0 Å². The Morgan fingerprint density at radius 3 is 2.12 bits per heavy atom. The number of amides is 1. The maximum absolute atomic E-state index is 12.7. The van der Waals surface area contributed by atoms with E-state index in [2.05, 4.69) is 52.1 Å². The summed E-state index contributed by atoms with van der Waals surface area (Å²) in [7, 11) is 0. The van der Waals surface area contributed by atoms with E-state index < -0.39 is 6.10 Å². The minimum Gasteiger partial charge on any atom is -0.481 e. The zero-order valence-corrected chi connectivity index (χ0v) is 17.0. The Balaban J connectivity index is 2.13. The Morgan fingerprint density at radius 2 is 1.54 bits per heavy atom. The van der Waals surface area contributed by atoms with E-state index in [4.69, 9.17) is 4.74 Å². The molecule has 0 saturated carbocycles. The Morgan fingerprint density at radius 1 is 0.885 bits per heavy atom. The van der Waals surface area contributed by atoms with Crippen LogP contribution in [-0.2, 0) is 4.79 Å². The lowest BCUT2D eigenvalue weighted by Crippen LogP contribution is -2.31. The number of aryl methyl sites for hydroxylation is 2. The normalized spacial score (nSPS) is 12.3. The number of nitrogens with one attached hydrogen (secondary N) is 1. The fourth-order valence-electron chi connectivity index (χ4n) is 3.19. The van der Waals surface area contributed by atoms with E-state index in [9.17, 15) is 4.79 Å². The predicted molar refractivity (Wildman–Crippen MR) is 109 cm³/mol. The van der Waals surface area contributed by atoms with Gasteiger partial charge in [0.1, 0.15) is 5.75 Å². The van der Waals surface area contributed by atoms with Crippen LogP contribution >= 0.6 is 0 Å². The van der Waals surface area contributed by atoms with Crippen molar-refractivity contribution in [2.75, 3.05) is 5.32 Å². The number of carbonyl (C=O) groups is 1. The van der Waals surface area contributed by atoms with Crippen LogP contribution in [0.5, 0.6) is 5.75 Å². The molecule has 1 N–H and O–H groups in total. The molecule has 140 valence electrons. The lowest BCUT2D eigenvalue weighted by molar-refractivity contribution is -0.122. The Hall–Kier alpha value is -2.29. The predicted octanol–water partition coefficient (Wildman–Crippen LogP) is 5.96. The van der Waals surface area contributed by atoms with Crippen LogP contribution in [0.4, 0.5) is 5.69 Å². The van der Waals surface area contributed by atoms with E-state index in [-0.39, 0.29) is 5.91 Å². The summed E-state index contributed by atoms with van der Waals surface area (Å²) in [5, 5.41) is 3.06. The molecule has 26 heavy (non-hydrogen) atoms. The third kappa shape index (κ3) is 4.66. The first-order chi connectivity index (χ1) is 12.2. The van der Waals surface area contributed by atoms with Crippen molar-refractivity contribution in [3.8, 4) is 5.75 Å². The molecule has 2 aromatic carbocycles. The van der Waals surface area contributed by atoms with Gasteiger partial charge in [-0.05, 0) is 67.0 Å². The van der Waals surface area contributed by atoms with Crippen molar-refractivity contribution < 1.29 is 9.53 Å². The first kappa shape index (κ1) is 20.0. The molecular weight excluding hydrogens is 322 g/mol. The Kier molecular flexibility index (Phi) is 6.47. The third-order valence-electron chi connectivity index (χ3n) is 4.72. The highest BCUT2D eigenvalue weighted by atomic mass is 16.5. The van der Waals surface area contributed by atoms with Crippen molar-refractivity contribution in [3.63, 3.8) is 0 Å². The molecule has 0 fully saturated rings. The molecule has 2 rings (SSSR count). The third-order valence-corrected chi connectivity index (χ3v) is 4.72. The van der Waals surface area contributed by atoms with Crippen LogP contribution in [0, 0.1) is 13.8 Å². The monoisotopic (exact) mass is 353 g/mol. The average Bonchev–Trinajstić information content (AvgIpc) is 2.56. The molecule has 2 aromatic rings. The van der Waals surface area contributed by atoms with Gasteiger partial charge in [0.25, 0.3) is 5.91 Å². The summed E-state index contributed by atoms with van der Waals surface area (Å²) >= 11 is 0. The average molecular weight is 354 g/mol. The van der Waals surface area contributed by atoms with Crippen LogP contribution in [0.25, 0.3) is 0 Å². The van der Waals surface area contributed by atoms with E-state index >= 15 is 0 Å². The van der Waals surface area contributed by atoms with Crippen LogP contribution < -0.4 is 10.1 Å². The number of benzene rings is 2. The molecule has 3 heteroatoms. The van der Waals surface area contributed by atoms with Crippen LogP contribution in [0.15, 0.2) is 36.4 Å². The molecule has 0 spiro atoms. The summed E-state index contributed by atoms with van der Waals surface area (Å²) in [5.41, 5.74) is 5.59. The van der Waals surface area contributed by atoms with Crippen molar-refractivity contribution in [1.29, 1.82) is 0 Å². The van der Waals surface area contributed by atoms with Crippen molar-refractivity contribution in [2.24, 2.45) is 0 Å². The standard InChI is InChI=1S/C23H31NO2/c1-14(2)20-12-11-19(13-17(20)6)26-18(7)23(25)24-22-16(5)9-8-10-21(22)15(3)4/h8-15,18H,1-7H3,(H,24,25). The molecule has 0 radical (unpaired) electrons. The molecule has 0 aliphatic heterocycles. The fraction of sp³-hybridized carbons (Fsp3) is 0.435. The van der Waals surface area contributed by atoms with E-state index in [0.29, 0.717) is 11.8 Å². The number of hydrogen-bond donors (Lipinski definition) is 1. The van der Waals surface area contributed by atoms with Gasteiger partial charge in [0, 0.05) is 5.69 Å².